The van der Waals surface area contributed by atoms with Crippen LogP contribution >= 0.6 is 0 Å². The van der Waals surface area contributed by atoms with E-state index in [0.29, 0.717) is 12.1 Å². The highest BCUT2D eigenvalue weighted by atomic mass is 15.3. The molecular weight excluding hydrogens is 372 g/mol. The molecule has 0 spiro atoms. The Morgan fingerprint density at radius 3 is 2.83 bits per heavy atom. The number of allylic oxidation sites excluding steroid dienone is 1. The number of hydrogen-bond acceptors (Lipinski definition) is 6. The van der Waals surface area contributed by atoms with E-state index in [1.54, 1.807) is 6.20 Å². The van der Waals surface area contributed by atoms with Gasteiger partial charge in [-0.3, -0.25) is 4.98 Å². The summed E-state index contributed by atoms with van der Waals surface area (Å²) in [5.74, 6) is 0.862. The Morgan fingerprint density at radius 2 is 2.10 bits per heavy atom. The molecule has 1 saturated heterocycles. The summed E-state index contributed by atoms with van der Waals surface area (Å²) >= 11 is 0. The Balaban J connectivity index is 1.50. The van der Waals surface area contributed by atoms with Crippen LogP contribution in [0.25, 0.3) is 16.6 Å². The molecule has 2 aromatic rings. The van der Waals surface area contributed by atoms with Gasteiger partial charge in [0.05, 0.1) is 22.9 Å². The van der Waals surface area contributed by atoms with Crippen LogP contribution in [-0.4, -0.2) is 59.8 Å². The lowest BCUT2D eigenvalue weighted by Gasteiger charge is -2.39. The first-order valence-corrected chi connectivity index (χ1v) is 11.3. The Bertz CT molecular complexity index is 917. The van der Waals surface area contributed by atoms with Crippen molar-refractivity contribution in [2.45, 2.75) is 51.6 Å². The van der Waals surface area contributed by atoms with E-state index in [4.69, 9.17) is 10.4 Å². The Kier molecular flexibility index (Phi) is 6.32. The molecule has 30 heavy (non-hydrogen) atoms. The first kappa shape index (κ1) is 20.8. The molecule has 2 heterocycles. The van der Waals surface area contributed by atoms with Crippen LogP contribution in [-0.2, 0) is 0 Å². The fourth-order valence-corrected chi connectivity index (χ4v) is 4.53. The third-order valence-corrected chi connectivity index (χ3v) is 6.71. The van der Waals surface area contributed by atoms with Crippen LogP contribution in [0.4, 0.5) is 5.69 Å². The van der Waals surface area contributed by atoms with Gasteiger partial charge < -0.3 is 20.5 Å². The van der Waals surface area contributed by atoms with Crippen molar-refractivity contribution < 1.29 is 0 Å². The number of likely N-dealkylation sites (N-methyl/N-ethyl adjacent to an activating group) is 1. The van der Waals surface area contributed by atoms with Crippen molar-refractivity contribution in [3.63, 3.8) is 0 Å². The van der Waals surface area contributed by atoms with E-state index in [0.717, 1.165) is 47.9 Å². The summed E-state index contributed by atoms with van der Waals surface area (Å²) in [6.45, 7) is 7.63. The van der Waals surface area contributed by atoms with Crippen LogP contribution in [0.3, 0.4) is 0 Å². The molecule has 2 aliphatic rings. The quantitative estimate of drug-likeness (QED) is 0.682. The SMILES string of the molecule is CCCC1CC(N/C=C(\C=N)c2cnc3ccc(N4CCN(C)[C@H](C)C4)cc3n2)C1. The molecule has 0 unspecified atom stereocenters. The molecule has 1 aliphatic heterocycles. The summed E-state index contributed by atoms with van der Waals surface area (Å²) in [5.41, 5.74) is 4.50. The van der Waals surface area contributed by atoms with Gasteiger partial charge in [0.2, 0.25) is 0 Å². The highest BCUT2D eigenvalue weighted by molar-refractivity contribution is 6.07. The van der Waals surface area contributed by atoms with E-state index in [-0.39, 0.29) is 0 Å². The number of hydrogen-bond donors (Lipinski definition) is 2. The molecule has 1 aromatic carbocycles. The number of nitrogens with zero attached hydrogens (tertiary/aromatic N) is 4. The minimum absolute atomic E-state index is 0.524. The number of aromatic nitrogens is 2. The van der Waals surface area contributed by atoms with E-state index in [1.807, 2.05) is 6.20 Å². The molecule has 160 valence electrons. The molecule has 0 radical (unpaired) electrons. The molecule has 6 heteroatoms. The molecule has 4 rings (SSSR count). The van der Waals surface area contributed by atoms with Crippen molar-refractivity contribution in [2.75, 3.05) is 31.6 Å². The van der Waals surface area contributed by atoms with Crippen molar-refractivity contribution in [3.05, 3.63) is 36.3 Å². The molecule has 1 aliphatic carbocycles. The second-order valence-electron chi connectivity index (χ2n) is 8.94. The molecular formula is C24H34N6. The van der Waals surface area contributed by atoms with Crippen LogP contribution in [0.5, 0.6) is 0 Å². The number of nitrogens with one attached hydrogen (secondary N) is 2. The predicted molar refractivity (Wildman–Crippen MR) is 125 cm³/mol. The lowest BCUT2D eigenvalue weighted by Crippen LogP contribution is -2.50. The third kappa shape index (κ3) is 4.48. The van der Waals surface area contributed by atoms with Gasteiger partial charge in [-0.05, 0) is 50.9 Å². The monoisotopic (exact) mass is 406 g/mol. The molecule has 2 N–H and O–H groups in total. The summed E-state index contributed by atoms with van der Waals surface area (Å²) in [5, 5.41) is 11.3. The Hall–Kier alpha value is -2.47. The molecule has 1 aromatic heterocycles. The van der Waals surface area contributed by atoms with Gasteiger partial charge in [-0.1, -0.05) is 19.8 Å². The summed E-state index contributed by atoms with van der Waals surface area (Å²) in [7, 11) is 2.19. The maximum absolute atomic E-state index is 7.86. The summed E-state index contributed by atoms with van der Waals surface area (Å²) in [6, 6.07) is 7.40. The molecule has 1 atom stereocenters. The van der Waals surface area contributed by atoms with Gasteiger partial charge in [0, 0.05) is 55.4 Å². The van der Waals surface area contributed by atoms with Crippen LogP contribution in [0, 0.1) is 11.3 Å². The second kappa shape index (κ2) is 9.13. The first-order valence-electron chi connectivity index (χ1n) is 11.3. The number of anilines is 1. The van der Waals surface area contributed by atoms with E-state index >= 15 is 0 Å². The smallest absolute Gasteiger partial charge is 0.0922 e. The fraction of sp³-hybridized carbons (Fsp3) is 0.542. The number of rotatable bonds is 7. The van der Waals surface area contributed by atoms with E-state index in [2.05, 4.69) is 59.2 Å². The van der Waals surface area contributed by atoms with Gasteiger partial charge >= 0.3 is 0 Å². The summed E-state index contributed by atoms with van der Waals surface area (Å²) in [4.78, 5) is 14.3. The van der Waals surface area contributed by atoms with Crippen molar-refractivity contribution in [1.82, 2.24) is 20.2 Å². The summed E-state index contributed by atoms with van der Waals surface area (Å²) in [6.07, 6.45) is 10.1. The Labute approximate surface area is 179 Å². The lowest BCUT2D eigenvalue weighted by molar-refractivity contribution is 0.225. The normalized spacial score (nSPS) is 25.2. The Morgan fingerprint density at radius 1 is 1.27 bits per heavy atom. The predicted octanol–water partition coefficient (Wildman–Crippen LogP) is 3.93. The van der Waals surface area contributed by atoms with E-state index < -0.39 is 0 Å². The molecule has 1 saturated carbocycles. The maximum atomic E-state index is 7.86. The molecule has 0 bridgehead atoms. The zero-order valence-electron chi connectivity index (χ0n) is 18.4. The van der Waals surface area contributed by atoms with Gasteiger partial charge in [0.1, 0.15) is 0 Å². The van der Waals surface area contributed by atoms with E-state index in [9.17, 15) is 0 Å². The van der Waals surface area contributed by atoms with E-state index in [1.165, 1.54) is 37.6 Å². The van der Waals surface area contributed by atoms with Gasteiger partial charge in [-0.25, -0.2) is 4.98 Å². The van der Waals surface area contributed by atoms with Crippen molar-refractivity contribution in [3.8, 4) is 0 Å². The average molecular weight is 407 g/mol. The standard InChI is InChI=1S/C24H34N6/c1-4-5-18-10-20(11-18)26-14-19(13-25)24-15-27-22-7-6-21(12-23(22)28-24)30-9-8-29(3)17(2)16-30/h6-7,12-15,17-18,20,25-26H,4-5,8-11,16H2,1-3H3/b19-14+,25-13?/t17-,18?,20?/m1/s1. The minimum Gasteiger partial charge on any atom is -0.388 e. The third-order valence-electron chi connectivity index (χ3n) is 6.71. The van der Waals surface area contributed by atoms with Crippen molar-refractivity contribution in [2.24, 2.45) is 5.92 Å². The zero-order chi connectivity index (χ0) is 21.1. The van der Waals surface area contributed by atoms with Crippen molar-refractivity contribution >= 4 is 28.5 Å². The van der Waals surface area contributed by atoms with Crippen molar-refractivity contribution in [1.29, 1.82) is 5.41 Å². The molecule has 0 amide bonds. The number of piperazine rings is 1. The highest BCUT2D eigenvalue weighted by Gasteiger charge is 2.27. The summed E-state index contributed by atoms with van der Waals surface area (Å²) < 4.78 is 0. The average Bonchev–Trinajstić information content (AvgIpc) is 2.73. The van der Waals surface area contributed by atoms with Crippen LogP contribution in [0.2, 0.25) is 0 Å². The second-order valence-corrected chi connectivity index (χ2v) is 8.94. The van der Waals surface area contributed by atoms with Gasteiger partial charge in [0.15, 0.2) is 0 Å². The van der Waals surface area contributed by atoms with Crippen LogP contribution < -0.4 is 10.2 Å². The zero-order valence-corrected chi connectivity index (χ0v) is 18.4. The van der Waals surface area contributed by atoms with Crippen LogP contribution in [0.15, 0.2) is 30.6 Å². The number of fused-ring (bicyclic) bond motifs is 1. The minimum atomic E-state index is 0.524. The molecule has 6 nitrogen and oxygen atoms in total. The van der Waals surface area contributed by atoms with Gasteiger partial charge in [0.25, 0.3) is 0 Å². The number of benzene rings is 1. The topological polar surface area (TPSA) is 68.1 Å². The molecule has 2 fully saturated rings. The van der Waals surface area contributed by atoms with Gasteiger partial charge in [-0.2, -0.15) is 0 Å². The largest absolute Gasteiger partial charge is 0.388 e. The fourth-order valence-electron chi connectivity index (χ4n) is 4.53. The van der Waals surface area contributed by atoms with Crippen LogP contribution in [0.1, 0.15) is 45.2 Å². The maximum Gasteiger partial charge on any atom is 0.0922 e. The first-order chi connectivity index (χ1) is 14.6. The highest BCUT2D eigenvalue weighted by Crippen LogP contribution is 2.31. The lowest BCUT2D eigenvalue weighted by atomic mass is 9.78. The van der Waals surface area contributed by atoms with Gasteiger partial charge in [-0.15, -0.1) is 0 Å².